The highest BCUT2D eigenvalue weighted by atomic mass is 16.5. The van der Waals surface area contributed by atoms with E-state index in [4.69, 9.17) is 4.74 Å². The van der Waals surface area contributed by atoms with Gasteiger partial charge in [0.1, 0.15) is 0 Å². The van der Waals surface area contributed by atoms with Gasteiger partial charge in [0, 0.05) is 63.4 Å². The first-order valence-corrected chi connectivity index (χ1v) is 11.7. The predicted molar refractivity (Wildman–Crippen MR) is 126 cm³/mol. The smallest absolute Gasteiger partial charge is 0.257 e. The number of ether oxygens (including phenoxy) is 1. The first-order valence-electron chi connectivity index (χ1n) is 11.7. The molecule has 0 aliphatic carbocycles. The maximum atomic E-state index is 14.0. The summed E-state index contributed by atoms with van der Waals surface area (Å²) in [5.41, 5.74) is 3.84. The molecule has 0 N–H and O–H groups in total. The molecule has 2 saturated heterocycles. The van der Waals surface area contributed by atoms with Crippen LogP contribution in [0.4, 0.5) is 0 Å². The van der Waals surface area contributed by atoms with Crippen LogP contribution in [0.5, 0.6) is 0 Å². The highest BCUT2D eigenvalue weighted by Crippen LogP contribution is 2.42. The van der Waals surface area contributed by atoms with E-state index in [1.807, 2.05) is 29.3 Å². The van der Waals surface area contributed by atoms with Gasteiger partial charge >= 0.3 is 0 Å². The van der Waals surface area contributed by atoms with Gasteiger partial charge in [-0.25, -0.2) is 0 Å². The zero-order valence-corrected chi connectivity index (χ0v) is 19.1. The van der Waals surface area contributed by atoms with Crippen LogP contribution in [0.3, 0.4) is 0 Å². The van der Waals surface area contributed by atoms with Crippen LogP contribution in [-0.4, -0.2) is 57.5 Å². The molecule has 33 heavy (non-hydrogen) atoms. The van der Waals surface area contributed by atoms with Gasteiger partial charge in [0.05, 0.1) is 6.61 Å². The fraction of sp³-hybridized carbons (Fsp3) is 0.370. The second kappa shape index (κ2) is 9.41. The maximum Gasteiger partial charge on any atom is 0.257 e. The molecule has 3 aromatic rings. The molecule has 6 nitrogen and oxygen atoms in total. The van der Waals surface area contributed by atoms with E-state index < -0.39 is 5.60 Å². The molecule has 0 unspecified atom stereocenters. The van der Waals surface area contributed by atoms with Crippen molar-refractivity contribution >= 4 is 5.91 Å². The fourth-order valence-electron chi connectivity index (χ4n) is 5.12. The largest absolute Gasteiger partial charge is 0.361 e. The third-order valence-corrected chi connectivity index (χ3v) is 6.88. The fourth-order valence-corrected chi connectivity index (χ4v) is 5.12. The molecule has 1 spiro atoms. The Morgan fingerprint density at radius 3 is 2.45 bits per heavy atom. The molecule has 0 radical (unpaired) electrons. The lowest BCUT2D eigenvalue weighted by Crippen LogP contribution is -2.59. The van der Waals surface area contributed by atoms with E-state index >= 15 is 0 Å². The van der Waals surface area contributed by atoms with Crippen molar-refractivity contribution in [1.29, 1.82) is 0 Å². The van der Waals surface area contributed by atoms with Gasteiger partial charge in [-0.05, 0) is 46.9 Å². The van der Waals surface area contributed by atoms with Gasteiger partial charge < -0.3 is 9.64 Å². The summed E-state index contributed by atoms with van der Waals surface area (Å²) in [4.78, 5) is 26.7. The molecular formula is C27H30N4O2. The summed E-state index contributed by atoms with van der Waals surface area (Å²) < 4.78 is 6.41. The monoisotopic (exact) mass is 442 g/mol. The molecule has 2 fully saturated rings. The lowest BCUT2D eigenvalue weighted by Gasteiger charge is -2.42. The first kappa shape index (κ1) is 21.7. The average Bonchev–Trinajstić information content (AvgIpc) is 3.22. The topological polar surface area (TPSA) is 58.6 Å². The molecule has 0 saturated carbocycles. The van der Waals surface area contributed by atoms with Crippen LogP contribution in [0.2, 0.25) is 0 Å². The van der Waals surface area contributed by atoms with E-state index in [1.54, 1.807) is 18.6 Å². The van der Waals surface area contributed by atoms with Gasteiger partial charge in [0.15, 0.2) is 5.60 Å². The molecule has 1 amide bonds. The summed E-state index contributed by atoms with van der Waals surface area (Å²) in [7, 11) is 0. The Morgan fingerprint density at radius 2 is 1.73 bits per heavy atom. The molecule has 2 aliphatic heterocycles. The van der Waals surface area contributed by atoms with Gasteiger partial charge in [-0.1, -0.05) is 37.3 Å². The van der Waals surface area contributed by atoms with Crippen molar-refractivity contribution in [2.24, 2.45) is 0 Å². The zero-order valence-electron chi connectivity index (χ0n) is 19.1. The predicted octanol–water partition coefficient (Wildman–Crippen LogP) is 3.44. The number of likely N-dealkylation sites (tertiary alicyclic amines) is 1. The molecule has 6 heteroatoms. The first-order chi connectivity index (χ1) is 16.2. The number of benzene rings is 1. The summed E-state index contributed by atoms with van der Waals surface area (Å²) in [5, 5.41) is 0. The lowest BCUT2D eigenvalue weighted by atomic mass is 9.83. The number of pyridine rings is 2. The maximum absolute atomic E-state index is 14.0. The summed E-state index contributed by atoms with van der Waals surface area (Å²) in [6.45, 7) is 6.01. The number of aryl methyl sites for hydroxylation is 1. The normalized spacial score (nSPS) is 23.4. The van der Waals surface area contributed by atoms with E-state index in [2.05, 4.69) is 52.1 Å². The molecule has 4 heterocycles. The molecule has 2 atom stereocenters. The average molecular weight is 443 g/mol. The molecule has 5 rings (SSSR count). The van der Waals surface area contributed by atoms with Gasteiger partial charge in [-0.2, -0.15) is 0 Å². The second-order valence-corrected chi connectivity index (χ2v) is 9.00. The van der Waals surface area contributed by atoms with Crippen LogP contribution >= 0.6 is 0 Å². The van der Waals surface area contributed by atoms with Gasteiger partial charge in [0.2, 0.25) is 0 Å². The highest BCUT2D eigenvalue weighted by molar-refractivity contribution is 5.88. The molecule has 2 aromatic heterocycles. The second-order valence-electron chi connectivity index (χ2n) is 9.00. The number of aromatic nitrogens is 2. The van der Waals surface area contributed by atoms with Crippen molar-refractivity contribution in [2.45, 2.75) is 38.0 Å². The van der Waals surface area contributed by atoms with E-state index in [1.165, 1.54) is 11.1 Å². The highest BCUT2D eigenvalue weighted by Gasteiger charge is 2.56. The van der Waals surface area contributed by atoms with Crippen molar-refractivity contribution < 1.29 is 9.53 Å². The van der Waals surface area contributed by atoms with Crippen molar-refractivity contribution in [3.8, 4) is 0 Å². The van der Waals surface area contributed by atoms with Crippen molar-refractivity contribution in [1.82, 2.24) is 19.8 Å². The number of amides is 1. The number of hydrogen-bond acceptors (Lipinski definition) is 5. The third kappa shape index (κ3) is 4.41. The van der Waals surface area contributed by atoms with Crippen LogP contribution in [0.1, 0.15) is 35.1 Å². The summed E-state index contributed by atoms with van der Waals surface area (Å²) in [6, 6.07) is 16.7. The van der Waals surface area contributed by atoms with Crippen LogP contribution < -0.4 is 0 Å². The third-order valence-electron chi connectivity index (χ3n) is 6.88. The molecule has 0 bridgehead atoms. The molecule has 170 valence electrons. The summed E-state index contributed by atoms with van der Waals surface area (Å²) in [6.07, 6.45) is 8.24. The summed E-state index contributed by atoms with van der Waals surface area (Å²) >= 11 is 0. The lowest BCUT2D eigenvalue weighted by molar-refractivity contribution is -0.173. The number of morpholine rings is 1. The number of carbonyl (C=O) groups is 1. The zero-order chi connectivity index (χ0) is 22.7. The van der Waals surface area contributed by atoms with Crippen LogP contribution in [0, 0.1) is 0 Å². The summed E-state index contributed by atoms with van der Waals surface area (Å²) in [5.74, 6) is 0.0112. The Kier molecular flexibility index (Phi) is 6.20. The van der Waals surface area contributed by atoms with E-state index in [-0.39, 0.29) is 11.8 Å². The minimum absolute atomic E-state index is 0.0612. The Labute approximate surface area is 195 Å². The molecular weight excluding hydrogens is 412 g/mol. The van der Waals surface area contributed by atoms with Gasteiger partial charge in [0.25, 0.3) is 5.91 Å². The number of nitrogens with zero attached hydrogens (tertiary/aromatic N) is 4. The number of rotatable bonds is 6. The van der Waals surface area contributed by atoms with Crippen LogP contribution in [-0.2, 0) is 29.0 Å². The van der Waals surface area contributed by atoms with E-state index in [0.29, 0.717) is 26.2 Å². The van der Waals surface area contributed by atoms with E-state index in [0.717, 1.165) is 30.6 Å². The number of carbonyl (C=O) groups excluding carboxylic acids is 1. The van der Waals surface area contributed by atoms with Crippen LogP contribution in [0.25, 0.3) is 0 Å². The van der Waals surface area contributed by atoms with Crippen molar-refractivity contribution in [2.75, 3.05) is 26.2 Å². The van der Waals surface area contributed by atoms with Crippen molar-refractivity contribution in [3.63, 3.8) is 0 Å². The standard InChI is InChI=1S/C27H30N4O2/c1-2-21-5-7-22(8-6-21)17-30-19-25(24-4-3-11-29-16-24)27(20-30)26(32)31(14-15-33-27)18-23-9-12-28-13-10-23/h3-13,16,25H,2,14-15,17-20H2,1H3/t25-,27+/m1/s1. The van der Waals surface area contributed by atoms with Crippen LogP contribution in [0.15, 0.2) is 73.3 Å². The minimum atomic E-state index is -0.891. The SMILES string of the molecule is CCc1ccc(CN2C[C@H](c3cccnc3)[C@]3(C2)OCCN(Cc2ccncc2)C3=O)cc1. The Bertz CT molecular complexity index is 1070. The van der Waals surface area contributed by atoms with Gasteiger partial charge in [-0.15, -0.1) is 0 Å². The van der Waals surface area contributed by atoms with Crippen molar-refractivity contribution in [3.05, 3.63) is 95.6 Å². The molecule has 2 aliphatic rings. The van der Waals surface area contributed by atoms with Gasteiger partial charge in [-0.3, -0.25) is 19.7 Å². The van der Waals surface area contributed by atoms with E-state index in [9.17, 15) is 4.79 Å². The Morgan fingerprint density at radius 1 is 0.970 bits per heavy atom. The molecule has 1 aromatic carbocycles. The minimum Gasteiger partial charge on any atom is -0.361 e. The Hall–Kier alpha value is -3.09. The Balaban J connectivity index is 1.42. The quantitative estimate of drug-likeness (QED) is 0.585. The number of hydrogen-bond donors (Lipinski definition) is 0.